The Morgan fingerprint density at radius 2 is 1.97 bits per heavy atom. The zero-order chi connectivity index (χ0) is 20.5. The summed E-state index contributed by atoms with van der Waals surface area (Å²) in [4.78, 5) is 28.3. The summed E-state index contributed by atoms with van der Waals surface area (Å²) in [6, 6.07) is 15.6. The highest BCUT2D eigenvalue weighted by molar-refractivity contribution is 7.16. The Balaban J connectivity index is 1.74. The average Bonchev–Trinajstić information content (AvgIpc) is 3.10. The van der Waals surface area contributed by atoms with Crippen molar-refractivity contribution in [1.29, 1.82) is 0 Å². The fraction of sp³-hybridized carbons (Fsp3) is 0.0476. The number of fused-ring (bicyclic) bond motifs is 1. The maximum atomic E-state index is 12.2. The summed E-state index contributed by atoms with van der Waals surface area (Å²) >= 11 is 1.40. The van der Waals surface area contributed by atoms with E-state index in [0.29, 0.717) is 4.88 Å². The van der Waals surface area contributed by atoms with Gasteiger partial charge in [0.05, 0.1) is 15.9 Å². The first-order valence-corrected chi connectivity index (χ1v) is 9.40. The van der Waals surface area contributed by atoms with Crippen molar-refractivity contribution in [2.45, 2.75) is 6.92 Å². The van der Waals surface area contributed by atoms with Gasteiger partial charge in [-0.25, -0.2) is 9.78 Å². The Morgan fingerprint density at radius 1 is 1.21 bits per heavy atom. The van der Waals surface area contributed by atoms with Crippen LogP contribution >= 0.6 is 11.3 Å². The molecular weight excluding hydrogens is 392 g/mol. The van der Waals surface area contributed by atoms with Gasteiger partial charge in [0, 0.05) is 17.0 Å². The fourth-order valence-corrected chi connectivity index (χ4v) is 3.98. The van der Waals surface area contributed by atoms with E-state index in [4.69, 9.17) is 4.42 Å². The molecule has 4 aromatic rings. The van der Waals surface area contributed by atoms with Crippen molar-refractivity contribution in [3.8, 4) is 10.4 Å². The lowest BCUT2D eigenvalue weighted by molar-refractivity contribution is -0.384. The standard InChI is InChI=1S/C21H14N2O5S/c1-12-9-19(13-5-3-2-4-6-13)29-20(12)17(24)11-16-21(25)28-18-10-14(23(26)27)7-8-15(18)22-16/h2-11,24H,1H3. The summed E-state index contributed by atoms with van der Waals surface area (Å²) in [6.45, 7) is 1.87. The summed E-state index contributed by atoms with van der Waals surface area (Å²) in [6.07, 6.45) is 1.25. The summed E-state index contributed by atoms with van der Waals surface area (Å²) < 4.78 is 5.15. The van der Waals surface area contributed by atoms with E-state index in [1.54, 1.807) is 0 Å². The minimum Gasteiger partial charge on any atom is -0.506 e. The quantitative estimate of drug-likeness (QED) is 0.284. The zero-order valence-electron chi connectivity index (χ0n) is 15.2. The molecule has 0 bridgehead atoms. The van der Waals surface area contributed by atoms with Crippen LogP contribution in [0, 0.1) is 17.0 Å². The van der Waals surface area contributed by atoms with Gasteiger partial charge < -0.3 is 9.52 Å². The van der Waals surface area contributed by atoms with Crippen LogP contribution in [0.4, 0.5) is 5.69 Å². The molecule has 0 aliphatic heterocycles. The maximum absolute atomic E-state index is 12.2. The smallest absolute Gasteiger partial charge is 0.362 e. The molecule has 0 unspecified atom stereocenters. The Morgan fingerprint density at radius 3 is 2.69 bits per heavy atom. The molecule has 2 aromatic carbocycles. The number of aromatic nitrogens is 1. The lowest BCUT2D eigenvalue weighted by atomic mass is 10.1. The molecule has 4 rings (SSSR count). The van der Waals surface area contributed by atoms with E-state index < -0.39 is 10.5 Å². The number of nitro groups is 1. The van der Waals surface area contributed by atoms with Crippen molar-refractivity contribution >= 4 is 40.0 Å². The first-order chi connectivity index (χ1) is 13.9. The number of rotatable bonds is 4. The number of nitro benzene ring substituents is 1. The van der Waals surface area contributed by atoms with Crippen molar-refractivity contribution in [1.82, 2.24) is 4.98 Å². The molecule has 0 atom stereocenters. The van der Waals surface area contributed by atoms with E-state index in [2.05, 4.69) is 4.98 Å². The van der Waals surface area contributed by atoms with Gasteiger partial charge in [-0.15, -0.1) is 11.3 Å². The molecule has 0 amide bonds. The van der Waals surface area contributed by atoms with E-state index in [1.807, 2.05) is 43.3 Å². The number of nitrogens with zero attached hydrogens (tertiary/aromatic N) is 2. The zero-order valence-corrected chi connectivity index (χ0v) is 16.0. The number of non-ortho nitro benzene ring substituents is 1. The fourth-order valence-electron chi connectivity index (χ4n) is 2.89. The minimum absolute atomic E-state index is 0.0134. The molecule has 0 fully saturated rings. The Bertz CT molecular complexity index is 1320. The predicted molar refractivity (Wildman–Crippen MR) is 112 cm³/mol. The summed E-state index contributed by atoms with van der Waals surface area (Å²) in [5, 5.41) is 21.4. The van der Waals surface area contributed by atoms with Crippen LogP contribution in [0.5, 0.6) is 0 Å². The number of hydrogen-bond donors (Lipinski definition) is 1. The van der Waals surface area contributed by atoms with E-state index in [0.717, 1.165) is 22.1 Å². The van der Waals surface area contributed by atoms with Crippen molar-refractivity contribution < 1.29 is 14.4 Å². The van der Waals surface area contributed by atoms with Crippen LogP contribution in [0.1, 0.15) is 16.1 Å². The third kappa shape index (κ3) is 3.65. The van der Waals surface area contributed by atoms with E-state index >= 15 is 0 Å². The van der Waals surface area contributed by atoms with Crippen LogP contribution in [0.25, 0.3) is 33.4 Å². The normalized spacial score (nSPS) is 11.7. The monoisotopic (exact) mass is 406 g/mol. The van der Waals surface area contributed by atoms with Crippen LogP contribution < -0.4 is 5.63 Å². The lowest BCUT2D eigenvalue weighted by Gasteiger charge is -2.00. The number of aliphatic hydroxyl groups is 1. The Hall–Kier alpha value is -3.78. The van der Waals surface area contributed by atoms with Gasteiger partial charge in [-0.3, -0.25) is 10.1 Å². The number of aliphatic hydroxyl groups excluding tert-OH is 1. The second-order valence-electron chi connectivity index (χ2n) is 6.31. The number of thiophene rings is 1. The second kappa shape index (κ2) is 7.33. The van der Waals surface area contributed by atoms with Crippen LogP contribution in [-0.2, 0) is 0 Å². The lowest BCUT2D eigenvalue weighted by Crippen LogP contribution is -2.06. The van der Waals surface area contributed by atoms with E-state index in [9.17, 15) is 20.0 Å². The SMILES string of the molecule is Cc1cc(-c2ccccc2)sc1C(O)=Cc1nc2ccc([N+](=O)[O-])cc2oc1=O. The van der Waals surface area contributed by atoms with Crippen molar-refractivity contribution in [2.75, 3.05) is 0 Å². The van der Waals surface area contributed by atoms with E-state index in [1.165, 1.54) is 29.5 Å². The second-order valence-corrected chi connectivity index (χ2v) is 7.37. The van der Waals surface area contributed by atoms with Gasteiger partial charge in [0.2, 0.25) is 0 Å². The molecule has 7 nitrogen and oxygen atoms in total. The van der Waals surface area contributed by atoms with Crippen LogP contribution in [0.15, 0.2) is 63.8 Å². The molecule has 0 aliphatic rings. The third-order valence-electron chi connectivity index (χ3n) is 4.29. The molecule has 2 aromatic heterocycles. The summed E-state index contributed by atoms with van der Waals surface area (Å²) in [5.74, 6) is -0.101. The predicted octanol–water partition coefficient (Wildman–Crippen LogP) is 5.19. The molecular formula is C21H14N2O5S. The summed E-state index contributed by atoms with van der Waals surface area (Å²) in [5.41, 5.74) is 1.12. The Kier molecular flexibility index (Phi) is 4.69. The molecule has 0 saturated heterocycles. The van der Waals surface area contributed by atoms with Gasteiger partial charge in [-0.1, -0.05) is 30.3 Å². The van der Waals surface area contributed by atoms with Crippen molar-refractivity contribution in [2.24, 2.45) is 0 Å². The highest BCUT2D eigenvalue weighted by atomic mass is 32.1. The van der Waals surface area contributed by atoms with Gasteiger partial charge in [0.15, 0.2) is 11.3 Å². The molecule has 0 aliphatic carbocycles. The van der Waals surface area contributed by atoms with Crippen molar-refractivity contribution in [3.63, 3.8) is 0 Å². The largest absolute Gasteiger partial charge is 0.506 e. The molecule has 0 saturated carbocycles. The molecule has 0 radical (unpaired) electrons. The van der Waals surface area contributed by atoms with Gasteiger partial charge in [-0.2, -0.15) is 0 Å². The van der Waals surface area contributed by atoms with Crippen molar-refractivity contribution in [3.05, 3.63) is 91.3 Å². The topological polar surface area (TPSA) is 106 Å². The number of benzene rings is 2. The van der Waals surface area contributed by atoms with Crippen LogP contribution in [0.2, 0.25) is 0 Å². The van der Waals surface area contributed by atoms with Gasteiger partial charge in [0.1, 0.15) is 11.3 Å². The van der Waals surface area contributed by atoms with Gasteiger partial charge >= 0.3 is 5.63 Å². The molecule has 8 heteroatoms. The average molecular weight is 406 g/mol. The third-order valence-corrected chi connectivity index (χ3v) is 5.60. The number of aryl methyl sites for hydroxylation is 1. The molecule has 1 N–H and O–H groups in total. The Labute approximate surface area is 168 Å². The highest BCUT2D eigenvalue weighted by Crippen LogP contribution is 2.34. The minimum atomic E-state index is -0.790. The van der Waals surface area contributed by atoms with Gasteiger partial charge in [-0.05, 0) is 30.2 Å². The molecule has 2 heterocycles. The highest BCUT2D eigenvalue weighted by Gasteiger charge is 2.14. The number of hydrogen-bond acceptors (Lipinski definition) is 7. The van der Waals surface area contributed by atoms with Crippen LogP contribution in [-0.4, -0.2) is 15.0 Å². The first-order valence-electron chi connectivity index (χ1n) is 8.58. The summed E-state index contributed by atoms with van der Waals surface area (Å²) in [7, 11) is 0. The van der Waals surface area contributed by atoms with Crippen LogP contribution in [0.3, 0.4) is 0 Å². The van der Waals surface area contributed by atoms with Gasteiger partial charge in [0.25, 0.3) is 5.69 Å². The first kappa shape index (κ1) is 18.6. The molecule has 0 spiro atoms. The maximum Gasteiger partial charge on any atom is 0.362 e. The molecule has 144 valence electrons. The van der Waals surface area contributed by atoms with E-state index in [-0.39, 0.29) is 28.2 Å². The molecule has 29 heavy (non-hydrogen) atoms.